The van der Waals surface area contributed by atoms with Crippen molar-refractivity contribution in [3.8, 4) is 11.3 Å². The van der Waals surface area contributed by atoms with E-state index in [1.165, 1.54) is 19.2 Å². The van der Waals surface area contributed by atoms with Crippen LogP contribution in [0.5, 0.6) is 0 Å². The summed E-state index contributed by atoms with van der Waals surface area (Å²) in [6.07, 6.45) is 1.72. The second-order valence-electron chi connectivity index (χ2n) is 4.92. The quantitative estimate of drug-likeness (QED) is 0.793. The van der Waals surface area contributed by atoms with Gasteiger partial charge in [0.1, 0.15) is 5.69 Å². The molecule has 7 heteroatoms. The van der Waals surface area contributed by atoms with E-state index in [0.717, 1.165) is 21.5 Å². The van der Waals surface area contributed by atoms with Crippen molar-refractivity contribution in [1.29, 1.82) is 0 Å². The van der Waals surface area contributed by atoms with E-state index in [2.05, 4.69) is 15.4 Å². The molecule has 23 heavy (non-hydrogen) atoms. The van der Waals surface area contributed by atoms with Crippen molar-refractivity contribution in [3.63, 3.8) is 0 Å². The van der Waals surface area contributed by atoms with E-state index in [0.29, 0.717) is 6.54 Å². The van der Waals surface area contributed by atoms with Gasteiger partial charge in [0, 0.05) is 36.8 Å². The number of aryl methyl sites for hydroxylation is 1. The maximum atomic E-state index is 12.1. The van der Waals surface area contributed by atoms with Crippen LogP contribution in [0.2, 0.25) is 0 Å². The topological polar surface area (TPSA) is 76.9 Å². The summed E-state index contributed by atoms with van der Waals surface area (Å²) in [5.41, 5.74) is 2.83. The highest BCUT2D eigenvalue weighted by Crippen LogP contribution is 2.20. The maximum Gasteiger partial charge on any atom is 0.271 e. The first kappa shape index (κ1) is 15.1. The lowest BCUT2D eigenvalue weighted by Crippen LogP contribution is -2.28. The molecule has 3 rings (SSSR count). The number of thiophene rings is 1. The van der Waals surface area contributed by atoms with Crippen LogP contribution >= 0.6 is 11.3 Å². The lowest BCUT2D eigenvalue weighted by Gasteiger charge is -2.06. The van der Waals surface area contributed by atoms with Crippen molar-refractivity contribution >= 4 is 17.2 Å². The monoisotopic (exact) mass is 326 g/mol. The van der Waals surface area contributed by atoms with E-state index in [1.807, 2.05) is 29.0 Å². The molecule has 0 aliphatic rings. The van der Waals surface area contributed by atoms with E-state index in [9.17, 15) is 9.59 Å². The number of aromatic nitrogens is 3. The third kappa shape index (κ3) is 3.51. The van der Waals surface area contributed by atoms with Crippen LogP contribution < -0.4 is 10.9 Å². The minimum absolute atomic E-state index is 0.208. The van der Waals surface area contributed by atoms with E-state index in [4.69, 9.17) is 0 Å². The Morgan fingerprint density at radius 2 is 2.17 bits per heavy atom. The van der Waals surface area contributed by atoms with Gasteiger partial charge in [-0.1, -0.05) is 0 Å². The summed E-state index contributed by atoms with van der Waals surface area (Å²) >= 11 is 1.61. The van der Waals surface area contributed by atoms with E-state index in [1.54, 1.807) is 17.5 Å². The Kier molecular flexibility index (Phi) is 4.29. The van der Waals surface area contributed by atoms with Crippen molar-refractivity contribution in [2.24, 2.45) is 7.05 Å². The smallest absolute Gasteiger partial charge is 0.271 e. The third-order valence-electron chi connectivity index (χ3n) is 3.29. The first-order valence-corrected chi connectivity index (χ1v) is 7.88. The Morgan fingerprint density at radius 3 is 2.91 bits per heavy atom. The Balaban J connectivity index is 1.70. The highest BCUT2D eigenvalue weighted by Gasteiger charge is 2.09. The van der Waals surface area contributed by atoms with Crippen molar-refractivity contribution in [1.82, 2.24) is 20.1 Å². The molecule has 0 spiro atoms. The molecule has 0 unspecified atom stereocenters. The number of pyridine rings is 1. The predicted octanol–water partition coefficient (Wildman–Crippen LogP) is 1.83. The molecule has 0 saturated heterocycles. The van der Waals surface area contributed by atoms with Gasteiger partial charge in [-0.15, -0.1) is 0 Å². The van der Waals surface area contributed by atoms with Crippen molar-refractivity contribution in [3.05, 3.63) is 68.9 Å². The molecule has 6 nitrogen and oxygen atoms in total. The van der Waals surface area contributed by atoms with Gasteiger partial charge in [0.15, 0.2) is 0 Å². The molecule has 0 aliphatic carbocycles. The third-order valence-corrected chi connectivity index (χ3v) is 3.97. The molecule has 0 atom stereocenters. The molecule has 0 radical (unpaired) electrons. The van der Waals surface area contributed by atoms with Gasteiger partial charge in [-0.05, 0) is 35.2 Å². The zero-order valence-corrected chi connectivity index (χ0v) is 13.2. The predicted molar refractivity (Wildman–Crippen MR) is 88.2 cm³/mol. The fourth-order valence-electron chi connectivity index (χ4n) is 2.05. The number of hydrogen-bond acceptors (Lipinski definition) is 5. The van der Waals surface area contributed by atoms with Crippen LogP contribution in [0.1, 0.15) is 16.1 Å². The van der Waals surface area contributed by atoms with Crippen LogP contribution in [-0.4, -0.2) is 20.7 Å². The number of nitrogens with one attached hydrogen (secondary N) is 1. The summed E-state index contributed by atoms with van der Waals surface area (Å²) in [4.78, 5) is 27.7. The van der Waals surface area contributed by atoms with E-state index < -0.39 is 0 Å². The van der Waals surface area contributed by atoms with E-state index >= 15 is 0 Å². The number of carbonyl (C=O) groups excluding carboxylic acids is 1. The van der Waals surface area contributed by atoms with Crippen LogP contribution in [0.25, 0.3) is 11.3 Å². The first-order chi connectivity index (χ1) is 11.1. The number of carbonyl (C=O) groups is 1. The molecule has 3 aromatic heterocycles. The zero-order valence-electron chi connectivity index (χ0n) is 12.4. The molecule has 0 fully saturated rings. The Morgan fingerprint density at radius 1 is 1.30 bits per heavy atom. The first-order valence-electron chi connectivity index (χ1n) is 6.93. The molecule has 3 heterocycles. The molecule has 116 valence electrons. The summed E-state index contributed by atoms with van der Waals surface area (Å²) in [7, 11) is 1.51. The average molecular weight is 326 g/mol. The van der Waals surface area contributed by atoms with Crippen LogP contribution in [0.3, 0.4) is 0 Å². The Bertz CT molecular complexity index is 887. The number of nitrogens with zero attached hydrogens (tertiary/aromatic N) is 3. The van der Waals surface area contributed by atoms with Gasteiger partial charge in [0.25, 0.3) is 11.5 Å². The Labute approximate surface area is 136 Å². The summed E-state index contributed by atoms with van der Waals surface area (Å²) in [6, 6.07) is 8.54. The fourth-order valence-corrected chi connectivity index (χ4v) is 2.70. The minimum Gasteiger partial charge on any atom is -0.347 e. The van der Waals surface area contributed by atoms with Gasteiger partial charge in [0.2, 0.25) is 0 Å². The van der Waals surface area contributed by atoms with Gasteiger partial charge in [0.05, 0.1) is 5.69 Å². The van der Waals surface area contributed by atoms with Crippen molar-refractivity contribution in [2.75, 3.05) is 0 Å². The lowest BCUT2D eigenvalue weighted by molar-refractivity contribution is 0.0943. The molecule has 0 aliphatic heterocycles. The van der Waals surface area contributed by atoms with Crippen molar-refractivity contribution in [2.45, 2.75) is 6.54 Å². The molecule has 0 aromatic carbocycles. The molecule has 0 bridgehead atoms. The largest absolute Gasteiger partial charge is 0.347 e. The molecule has 0 saturated carbocycles. The summed E-state index contributed by atoms with van der Waals surface area (Å²) in [5, 5.41) is 10.7. The lowest BCUT2D eigenvalue weighted by atomic mass is 10.1. The van der Waals surface area contributed by atoms with Crippen LogP contribution in [0, 0.1) is 0 Å². The zero-order chi connectivity index (χ0) is 16.2. The normalized spacial score (nSPS) is 10.5. The number of amides is 1. The van der Waals surface area contributed by atoms with Gasteiger partial charge >= 0.3 is 0 Å². The van der Waals surface area contributed by atoms with Gasteiger partial charge < -0.3 is 5.32 Å². The maximum absolute atomic E-state index is 12.1. The summed E-state index contributed by atoms with van der Waals surface area (Å²) in [5.74, 6) is -0.325. The highest BCUT2D eigenvalue weighted by molar-refractivity contribution is 7.08. The summed E-state index contributed by atoms with van der Waals surface area (Å²) in [6.45, 7) is 0.364. The number of rotatable bonds is 4. The van der Waals surface area contributed by atoms with Crippen molar-refractivity contribution < 1.29 is 4.79 Å². The van der Waals surface area contributed by atoms with Crippen LogP contribution in [0.15, 0.2) is 52.1 Å². The second-order valence-corrected chi connectivity index (χ2v) is 5.70. The molecule has 3 aromatic rings. The highest BCUT2D eigenvalue weighted by atomic mass is 32.1. The standard InChI is InChI=1S/C16H14N4O2S/c1-20-15(21)3-2-13(19-20)16(22)18-9-11-4-6-17-14(8-11)12-5-7-23-10-12/h2-8,10H,9H2,1H3,(H,18,22). The van der Waals surface area contributed by atoms with Gasteiger partial charge in [-0.3, -0.25) is 14.6 Å². The molecule has 1 amide bonds. The number of hydrogen-bond donors (Lipinski definition) is 1. The summed E-state index contributed by atoms with van der Waals surface area (Å²) < 4.78 is 1.13. The Hall–Kier alpha value is -2.80. The SMILES string of the molecule is Cn1nc(C(=O)NCc2ccnc(-c3ccsc3)c2)ccc1=O. The molecule has 1 N–H and O–H groups in total. The van der Waals surface area contributed by atoms with Crippen LogP contribution in [-0.2, 0) is 13.6 Å². The van der Waals surface area contributed by atoms with E-state index in [-0.39, 0.29) is 17.2 Å². The minimum atomic E-state index is -0.325. The molecular formula is C16H14N4O2S. The second kappa shape index (κ2) is 6.53. The van der Waals surface area contributed by atoms with Gasteiger partial charge in [-0.25, -0.2) is 4.68 Å². The molecular weight excluding hydrogens is 312 g/mol. The van der Waals surface area contributed by atoms with Gasteiger partial charge in [-0.2, -0.15) is 16.4 Å². The average Bonchev–Trinajstić information content (AvgIpc) is 3.10. The fraction of sp³-hybridized carbons (Fsp3) is 0.125. The van der Waals surface area contributed by atoms with Crippen LogP contribution in [0.4, 0.5) is 0 Å².